The minimum Gasteiger partial charge on any atom is -0.506 e. The Labute approximate surface area is 89.0 Å². The Balaban J connectivity index is 2.93. The van der Waals surface area contributed by atoms with Crippen molar-refractivity contribution in [1.82, 2.24) is 0 Å². The van der Waals surface area contributed by atoms with E-state index in [2.05, 4.69) is 12.6 Å². The van der Waals surface area contributed by atoms with Gasteiger partial charge in [-0.1, -0.05) is 0 Å². The van der Waals surface area contributed by atoms with Gasteiger partial charge in [0.25, 0.3) is 0 Å². The van der Waals surface area contributed by atoms with Crippen molar-refractivity contribution in [2.24, 2.45) is 0 Å². The van der Waals surface area contributed by atoms with E-state index < -0.39 is 5.97 Å². The van der Waals surface area contributed by atoms with Gasteiger partial charge in [-0.2, -0.15) is 0 Å². The smallest absolute Gasteiger partial charge is 0.340 e. The van der Waals surface area contributed by atoms with E-state index in [1.165, 1.54) is 11.3 Å². The molecule has 0 atom stereocenters. The number of hydrogen-bond acceptors (Lipinski definition) is 4. The van der Waals surface area contributed by atoms with Gasteiger partial charge < -0.3 is 10.2 Å². The molecule has 0 bridgehead atoms. The van der Waals surface area contributed by atoms with Crippen molar-refractivity contribution in [2.45, 2.75) is 4.90 Å². The average Bonchev–Trinajstić information content (AvgIpc) is 2.52. The molecule has 0 aliphatic heterocycles. The molecular weight excluding hydrogens is 220 g/mol. The number of carboxylic acid groups (broad SMARTS) is 1. The summed E-state index contributed by atoms with van der Waals surface area (Å²) in [5, 5.41) is 20.8. The summed E-state index contributed by atoms with van der Waals surface area (Å²) >= 11 is 5.42. The van der Waals surface area contributed by atoms with E-state index in [-0.39, 0.29) is 16.2 Å². The normalized spacial score (nSPS) is 10.6. The second-order valence-electron chi connectivity index (χ2n) is 2.76. The van der Waals surface area contributed by atoms with Crippen molar-refractivity contribution in [3.63, 3.8) is 0 Å². The summed E-state index contributed by atoms with van der Waals surface area (Å²) in [6.45, 7) is 0. The number of hydrogen-bond donors (Lipinski definition) is 3. The molecule has 0 radical (unpaired) electrons. The number of thiol groups is 1. The standard InChI is InChI=1S/C9H6O3S2/c10-8-5(13)3-6-4(1-2-14-6)7(8)9(11)12/h1-3,10,13H,(H,11,12). The molecule has 0 aliphatic rings. The van der Waals surface area contributed by atoms with Crippen LogP contribution in [0.4, 0.5) is 0 Å². The maximum atomic E-state index is 10.9. The van der Waals surface area contributed by atoms with E-state index in [0.29, 0.717) is 5.39 Å². The van der Waals surface area contributed by atoms with E-state index in [9.17, 15) is 9.90 Å². The molecule has 0 saturated heterocycles. The van der Waals surface area contributed by atoms with Gasteiger partial charge in [0.15, 0.2) is 0 Å². The van der Waals surface area contributed by atoms with Crippen molar-refractivity contribution < 1.29 is 15.0 Å². The zero-order valence-corrected chi connectivity index (χ0v) is 8.60. The first-order chi connectivity index (χ1) is 6.61. The fraction of sp³-hybridized carbons (Fsp3) is 0. The molecule has 2 N–H and O–H groups in total. The number of rotatable bonds is 1. The zero-order valence-electron chi connectivity index (χ0n) is 6.89. The highest BCUT2D eigenvalue weighted by Crippen LogP contribution is 2.35. The zero-order chi connectivity index (χ0) is 10.3. The minimum absolute atomic E-state index is 0.0752. The Morgan fingerprint density at radius 2 is 2.21 bits per heavy atom. The molecule has 2 rings (SSSR count). The second kappa shape index (κ2) is 3.18. The largest absolute Gasteiger partial charge is 0.506 e. The van der Waals surface area contributed by atoms with Crippen LogP contribution in [0.5, 0.6) is 5.75 Å². The van der Waals surface area contributed by atoms with E-state index in [4.69, 9.17) is 5.11 Å². The molecule has 14 heavy (non-hydrogen) atoms. The fourth-order valence-electron chi connectivity index (χ4n) is 1.30. The van der Waals surface area contributed by atoms with Gasteiger partial charge >= 0.3 is 5.97 Å². The van der Waals surface area contributed by atoms with Crippen LogP contribution in [0, 0.1) is 0 Å². The minimum atomic E-state index is -1.14. The van der Waals surface area contributed by atoms with Crippen LogP contribution >= 0.6 is 24.0 Å². The number of carbonyl (C=O) groups is 1. The molecule has 0 amide bonds. The lowest BCUT2D eigenvalue weighted by atomic mass is 10.1. The van der Waals surface area contributed by atoms with Crippen LogP contribution in [-0.2, 0) is 0 Å². The first-order valence-corrected chi connectivity index (χ1v) is 5.09. The summed E-state index contributed by atoms with van der Waals surface area (Å²) in [5.74, 6) is -1.41. The Hall–Kier alpha value is -1.20. The lowest BCUT2D eigenvalue weighted by Crippen LogP contribution is -1.97. The van der Waals surface area contributed by atoms with Crippen LogP contribution in [0.15, 0.2) is 22.4 Å². The van der Waals surface area contributed by atoms with Gasteiger partial charge in [0, 0.05) is 15.0 Å². The summed E-state index contributed by atoms with van der Waals surface area (Å²) in [5.41, 5.74) is -0.0752. The number of carboxylic acids is 1. The number of benzene rings is 1. The third-order valence-corrected chi connectivity index (χ3v) is 3.13. The Kier molecular flexibility index (Phi) is 2.13. The lowest BCUT2D eigenvalue weighted by molar-refractivity contribution is 0.0695. The molecule has 1 aromatic heterocycles. The topological polar surface area (TPSA) is 57.5 Å². The molecule has 3 nitrogen and oxygen atoms in total. The summed E-state index contributed by atoms with van der Waals surface area (Å²) in [7, 11) is 0. The molecule has 2 aromatic rings. The van der Waals surface area contributed by atoms with Crippen LogP contribution in [0.25, 0.3) is 10.1 Å². The summed E-state index contributed by atoms with van der Waals surface area (Å²) in [6, 6.07) is 3.33. The quantitative estimate of drug-likeness (QED) is 0.655. The molecule has 0 aliphatic carbocycles. The van der Waals surface area contributed by atoms with Crippen molar-refractivity contribution in [1.29, 1.82) is 0 Å². The maximum Gasteiger partial charge on any atom is 0.340 e. The maximum absolute atomic E-state index is 10.9. The molecule has 1 aromatic carbocycles. The lowest BCUT2D eigenvalue weighted by Gasteiger charge is -2.03. The molecular formula is C9H6O3S2. The number of fused-ring (bicyclic) bond motifs is 1. The molecule has 5 heteroatoms. The van der Waals surface area contributed by atoms with Crippen molar-refractivity contribution in [3.05, 3.63) is 23.1 Å². The predicted molar refractivity (Wildman–Crippen MR) is 57.7 cm³/mol. The monoisotopic (exact) mass is 226 g/mol. The summed E-state index contributed by atoms with van der Waals surface area (Å²) in [6.07, 6.45) is 0. The van der Waals surface area contributed by atoms with Gasteiger partial charge in [0.2, 0.25) is 0 Å². The highest BCUT2D eigenvalue weighted by molar-refractivity contribution is 7.80. The second-order valence-corrected chi connectivity index (χ2v) is 4.19. The van der Waals surface area contributed by atoms with Gasteiger partial charge in [0.1, 0.15) is 11.3 Å². The third kappa shape index (κ3) is 1.25. The first kappa shape index (κ1) is 9.36. The van der Waals surface area contributed by atoms with Crippen molar-refractivity contribution in [2.75, 3.05) is 0 Å². The molecule has 0 unspecified atom stereocenters. The number of aromatic carboxylic acids is 1. The number of phenols is 1. The van der Waals surface area contributed by atoms with Gasteiger partial charge in [-0.05, 0) is 17.5 Å². The Morgan fingerprint density at radius 1 is 1.50 bits per heavy atom. The van der Waals surface area contributed by atoms with Crippen molar-refractivity contribution in [3.8, 4) is 5.75 Å². The van der Waals surface area contributed by atoms with Gasteiger partial charge in [-0.3, -0.25) is 0 Å². The van der Waals surface area contributed by atoms with Crippen LogP contribution < -0.4 is 0 Å². The van der Waals surface area contributed by atoms with Crippen molar-refractivity contribution >= 4 is 40.0 Å². The van der Waals surface area contributed by atoms with Crippen LogP contribution in [0.1, 0.15) is 10.4 Å². The molecule has 1 heterocycles. The fourth-order valence-corrected chi connectivity index (χ4v) is 2.47. The first-order valence-electron chi connectivity index (χ1n) is 3.76. The SMILES string of the molecule is O=C(O)c1c(O)c(S)cc2sccc12. The summed E-state index contributed by atoms with van der Waals surface area (Å²) in [4.78, 5) is 11.2. The predicted octanol–water partition coefficient (Wildman–Crippen LogP) is 2.59. The van der Waals surface area contributed by atoms with Gasteiger partial charge in [-0.25, -0.2) is 4.79 Å². The van der Waals surface area contributed by atoms with E-state index in [1.54, 1.807) is 17.5 Å². The van der Waals surface area contributed by atoms with Gasteiger partial charge in [-0.15, -0.1) is 24.0 Å². The number of thiophene rings is 1. The Bertz CT molecular complexity index is 516. The van der Waals surface area contributed by atoms with E-state index in [1.807, 2.05) is 0 Å². The van der Waals surface area contributed by atoms with E-state index in [0.717, 1.165) is 4.70 Å². The molecule has 0 spiro atoms. The number of aromatic hydroxyl groups is 1. The molecule has 0 fully saturated rings. The highest BCUT2D eigenvalue weighted by atomic mass is 32.1. The average molecular weight is 226 g/mol. The summed E-state index contributed by atoms with van der Waals surface area (Å²) < 4.78 is 0.810. The van der Waals surface area contributed by atoms with Gasteiger partial charge in [0.05, 0.1) is 0 Å². The molecule has 72 valence electrons. The van der Waals surface area contributed by atoms with Crippen LogP contribution in [0.2, 0.25) is 0 Å². The highest BCUT2D eigenvalue weighted by Gasteiger charge is 2.17. The third-order valence-electron chi connectivity index (χ3n) is 1.93. The van der Waals surface area contributed by atoms with Crippen LogP contribution in [0.3, 0.4) is 0 Å². The van der Waals surface area contributed by atoms with Crippen LogP contribution in [-0.4, -0.2) is 16.2 Å². The Morgan fingerprint density at radius 3 is 2.86 bits per heavy atom. The van der Waals surface area contributed by atoms with E-state index >= 15 is 0 Å². The molecule has 0 saturated carbocycles.